The van der Waals surface area contributed by atoms with Crippen LogP contribution in [-0.4, -0.2) is 30.9 Å². The largest absolute Gasteiger partial charge is 0.479 e. The number of aliphatic hydroxyl groups excluding tert-OH is 1. The number of aliphatic hydroxyl groups is 1. The SMILES string of the molecule is COC(=O)C(CCO)Oc1ccccc1. The summed E-state index contributed by atoms with van der Waals surface area (Å²) >= 11 is 0. The highest BCUT2D eigenvalue weighted by atomic mass is 16.6. The van der Waals surface area contributed by atoms with Gasteiger partial charge in [-0.15, -0.1) is 0 Å². The zero-order valence-corrected chi connectivity index (χ0v) is 8.55. The Morgan fingerprint density at radius 3 is 2.60 bits per heavy atom. The summed E-state index contributed by atoms with van der Waals surface area (Å²) in [6, 6.07) is 8.96. The number of methoxy groups -OCH3 is 1. The number of hydrogen-bond donors (Lipinski definition) is 1. The Hall–Kier alpha value is -1.55. The van der Waals surface area contributed by atoms with Crippen molar-refractivity contribution in [1.29, 1.82) is 0 Å². The van der Waals surface area contributed by atoms with Gasteiger partial charge >= 0.3 is 5.97 Å². The average Bonchev–Trinajstić information content (AvgIpc) is 2.29. The molecule has 0 bridgehead atoms. The fourth-order valence-electron chi connectivity index (χ4n) is 1.14. The van der Waals surface area contributed by atoms with E-state index in [1.807, 2.05) is 18.2 Å². The lowest BCUT2D eigenvalue weighted by Gasteiger charge is -2.15. The Bertz CT molecular complexity index is 297. The van der Waals surface area contributed by atoms with Crippen LogP contribution >= 0.6 is 0 Å². The van der Waals surface area contributed by atoms with Gasteiger partial charge in [0.15, 0.2) is 6.10 Å². The third-order valence-electron chi connectivity index (χ3n) is 1.88. The van der Waals surface area contributed by atoms with Gasteiger partial charge in [-0.3, -0.25) is 0 Å². The van der Waals surface area contributed by atoms with E-state index in [4.69, 9.17) is 9.84 Å². The van der Waals surface area contributed by atoms with Gasteiger partial charge in [0.2, 0.25) is 0 Å². The molecule has 1 unspecified atom stereocenters. The molecule has 0 aliphatic heterocycles. The Morgan fingerprint density at radius 1 is 1.40 bits per heavy atom. The summed E-state index contributed by atoms with van der Waals surface area (Å²) in [6.45, 7) is -0.118. The topological polar surface area (TPSA) is 55.8 Å². The van der Waals surface area contributed by atoms with Gasteiger partial charge in [0, 0.05) is 13.0 Å². The van der Waals surface area contributed by atoms with Crippen molar-refractivity contribution in [3.63, 3.8) is 0 Å². The van der Waals surface area contributed by atoms with Gasteiger partial charge < -0.3 is 14.6 Å². The summed E-state index contributed by atoms with van der Waals surface area (Å²) in [6.07, 6.45) is -0.524. The normalized spacial score (nSPS) is 11.9. The molecule has 4 heteroatoms. The zero-order valence-electron chi connectivity index (χ0n) is 8.55. The molecule has 0 aliphatic carbocycles. The Morgan fingerprint density at radius 2 is 2.07 bits per heavy atom. The van der Waals surface area contributed by atoms with Crippen LogP contribution in [0.15, 0.2) is 30.3 Å². The summed E-state index contributed by atoms with van der Waals surface area (Å²) in [5.41, 5.74) is 0. The highest BCUT2D eigenvalue weighted by Gasteiger charge is 2.20. The molecule has 1 N–H and O–H groups in total. The molecule has 15 heavy (non-hydrogen) atoms. The van der Waals surface area contributed by atoms with Crippen LogP contribution < -0.4 is 4.74 Å². The van der Waals surface area contributed by atoms with Crippen molar-refractivity contribution in [3.8, 4) is 5.75 Å². The van der Waals surface area contributed by atoms with Crippen molar-refractivity contribution >= 4 is 5.97 Å². The minimum atomic E-state index is -0.748. The number of esters is 1. The molecule has 0 aliphatic rings. The van der Waals surface area contributed by atoms with Crippen molar-refractivity contribution in [2.24, 2.45) is 0 Å². The summed E-state index contributed by atoms with van der Waals surface area (Å²) in [5, 5.41) is 8.77. The monoisotopic (exact) mass is 210 g/mol. The Balaban J connectivity index is 2.62. The predicted octanol–water partition coefficient (Wildman–Crippen LogP) is 0.989. The van der Waals surface area contributed by atoms with E-state index in [0.717, 1.165) is 0 Å². The van der Waals surface area contributed by atoms with Crippen LogP contribution in [0, 0.1) is 0 Å². The van der Waals surface area contributed by atoms with Gasteiger partial charge in [-0.1, -0.05) is 18.2 Å². The van der Waals surface area contributed by atoms with Gasteiger partial charge in [0.05, 0.1) is 7.11 Å². The van der Waals surface area contributed by atoms with E-state index >= 15 is 0 Å². The number of para-hydroxylation sites is 1. The fourth-order valence-corrected chi connectivity index (χ4v) is 1.14. The molecule has 0 saturated heterocycles. The van der Waals surface area contributed by atoms with E-state index in [2.05, 4.69) is 4.74 Å². The molecular formula is C11H14O4. The van der Waals surface area contributed by atoms with Crippen LogP contribution in [0.5, 0.6) is 5.75 Å². The molecule has 1 aromatic rings. The number of hydrogen-bond acceptors (Lipinski definition) is 4. The summed E-state index contributed by atoms with van der Waals surface area (Å²) in [7, 11) is 1.29. The quantitative estimate of drug-likeness (QED) is 0.736. The Labute approximate surface area is 88.4 Å². The van der Waals surface area contributed by atoms with Crippen molar-refractivity contribution in [1.82, 2.24) is 0 Å². The zero-order chi connectivity index (χ0) is 11.1. The molecule has 0 spiro atoms. The first kappa shape index (κ1) is 11.5. The van der Waals surface area contributed by atoms with Crippen molar-refractivity contribution in [2.75, 3.05) is 13.7 Å². The third kappa shape index (κ3) is 3.59. The summed E-state index contributed by atoms with van der Waals surface area (Å²) in [4.78, 5) is 11.2. The van der Waals surface area contributed by atoms with E-state index in [1.165, 1.54) is 7.11 Å². The molecule has 0 amide bonds. The van der Waals surface area contributed by atoms with Crippen LogP contribution in [0.2, 0.25) is 0 Å². The third-order valence-corrected chi connectivity index (χ3v) is 1.88. The van der Waals surface area contributed by atoms with Crippen molar-refractivity contribution < 1.29 is 19.4 Å². The lowest BCUT2D eigenvalue weighted by molar-refractivity contribution is -0.149. The van der Waals surface area contributed by atoms with Gasteiger partial charge in [0.25, 0.3) is 0 Å². The summed E-state index contributed by atoms with van der Waals surface area (Å²) < 4.78 is 9.94. The Kier molecular flexibility index (Phi) is 4.63. The van der Waals surface area contributed by atoms with Crippen LogP contribution in [0.3, 0.4) is 0 Å². The van der Waals surface area contributed by atoms with Gasteiger partial charge in [0.1, 0.15) is 5.75 Å². The molecule has 0 radical (unpaired) electrons. The maximum Gasteiger partial charge on any atom is 0.347 e. The lowest BCUT2D eigenvalue weighted by Crippen LogP contribution is -2.29. The number of carbonyl (C=O) groups excluding carboxylic acids is 1. The number of benzene rings is 1. The first-order valence-corrected chi connectivity index (χ1v) is 4.68. The van der Waals surface area contributed by atoms with Gasteiger partial charge in [-0.2, -0.15) is 0 Å². The minimum absolute atomic E-state index is 0.118. The first-order valence-electron chi connectivity index (χ1n) is 4.68. The van der Waals surface area contributed by atoms with E-state index in [1.54, 1.807) is 12.1 Å². The van der Waals surface area contributed by atoms with E-state index in [-0.39, 0.29) is 13.0 Å². The van der Waals surface area contributed by atoms with Gasteiger partial charge in [-0.25, -0.2) is 4.79 Å². The molecule has 82 valence electrons. The van der Waals surface area contributed by atoms with Crippen LogP contribution in [-0.2, 0) is 9.53 Å². The maximum absolute atomic E-state index is 11.2. The van der Waals surface area contributed by atoms with Crippen LogP contribution in [0.25, 0.3) is 0 Å². The van der Waals surface area contributed by atoms with Crippen LogP contribution in [0.1, 0.15) is 6.42 Å². The van der Waals surface area contributed by atoms with E-state index in [0.29, 0.717) is 5.75 Å². The van der Waals surface area contributed by atoms with Gasteiger partial charge in [-0.05, 0) is 12.1 Å². The average molecular weight is 210 g/mol. The number of ether oxygens (including phenoxy) is 2. The molecular weight excluding hydrogens is 196 g/mol. The van der Waals surface area contributed by atoms with Crippen LogP contribution in [0.4, 0.5) is 0 Å². The smallest absolute Gasteiger partial charge is 0.347 e. The predicted molar refractivity (Wildman–Crippen MR) is 54.6 cm³/mol. The molecule has 0 saturated carbocycles. The second-order valence-corrected chi connectivity index (χ2v) is 2.95. The highest BCUT2D eigenvalue weighted by molar-refractivity contribution is 5.74. The lowest BCUT2D eigenvalue weighted by atomic mass is 10.2. The molecule has 0 aromatic heterocycles. The van der Waals surface area contributed by atoms with Crippen molar-refractivity contribution in [2.45, 2.75) is 12.5 Å². The molecule has 1 rings (SSSR count). The second kappa shape index (κ2) is 6.03. The van der Waals surface area contributed by atoms with Crippen molar-refractivity contribution in [3.05, 3.63) is 30.3 Å². The molecule has 4 nitrogen and oxygen atoms in total. The fraction of sp³-hybridized carbons (Fsp3) is 0.364. The van der Waals surface area contributed by atoms with E-state index < -0.39 is 12.1 Å². The summed E-state index contributed by atoms with van der Waals surface area (Å²) in [5.74, 6) is 0.106. The standard InChI is InChI=1S/C11H14O4/c1-14-11(13)10(7-8-12)15-9-5-3-2-4-6-9/h2-6,10,12H,7-8H2,1H3. The second-order valence-electron chi connectivity index (χ2n) is 2.95. The minimum Gasteiger partial charge on any atom is -0.479 e. The first-order chi connectivity index (χ1) is 7.27. The molecule has 1 aromatic carbocycles. The molecule has 0 heterocycles. The van der Waals surface area contributed by atoms with E-state index in [9.17, 15) is 4.79 Å². The highest BCUT2D eigenvalue weighted by Crippen LogP contribution is 2.13. The molecule has 1 atom stereocenters. The maximum atomic E-state index is 11.2. The number of carbonyl (C=O) groups is 1. The molecule has 0 fully saturated rings. The number of rotatable bonds is 5.